The van der Waals surface area contributed by atoms with Crippen molar-refractivity contribution in [2.75, 3.05) is 12.4 Å². The number of nitrogens with zero attached hydrogens (tertiary/aromatic N) is 2. The minimum Gasteiger partial charge on any atom is -0.493 e. The van der Waals surface area contributed by atoms with E-state index in [1.165, 1.54) is 19.2 Å². The van der Waals surface area contributed by atoms with E-state index in [-0.39, 0.29) is 34.9 Å². The van der Waals surface area contributed by atoms with Crippen molar-refractivity contribution in [2.45, 2.75) is 13.5 Å². The van der Waals surface area contributed by atoms with Crippen LogP contribution in [0.15, 0.2) is 72.3 Å². The molecule has 0 fully saturated rings. The summed E-state index contributed by atoms with van der Waals surface area (Å²) in [7, 11) is 1.40. The van der Waals surface area contributed by atoms with Crippen LogP contribution < -0.4 is 14.8 Å². The fraction of sp³-hybridized carbons (Fsp3) is 0.120. The van der Waals surface area contributed by atoms with Gasteiger partial charge in [0.15, 0.2) is 11.5 Å². The van der Waals surface area contributed by atoms with Crippen molar-refractivity contribution in [1.29, 1.82) is 5.26 Å². The lowest BCUT2D eigenvalue weighted by molar-refractivity contribution is -0.385. The van der Waals surface area contributed by atoms with E-state index in [1.54, 1.807) is 18.2 Å². The first-order valence-electron chi connectivity index (χ1n) is 9.94. The lowest BCUT2D eigenvalue weighted by Gasteiger charge is -2.12. The molecule has 0 unspecified atom stereocenters. The van der Waals surface area contributed by atoms with Crippen molar-refractivity contribution in [3.8, 4) is 17.6 Å². The zero-order valence-electron chi connectivity index (χ0n) is 18.1. The fourth-order valence-electron chi connectivity index (χ4n) is 2.99. The number of methoxy groups -OCH3 is 1. The summed E-state index contributed by atoms with van der Waals surface area (Å²) in [5.74, 6) is -0.272. The number of carbonyl (C=O) groups is 1. The van der Waals surface area contributed by atoms with Crippen LogP contribution in [0.5, 0.6) is 11.5 Å². The molecule has 3 rings (SSSR count). The molecule has 1 N–H and O–H groups in total. The van der Waals surface area contributed by atoms with Gasteiger partial charge in [-0.15, -0.1) is 0 Å². The van der Waals surface area contributed by atoms with Crippen LogP contribution in [0.25, 0.3) is 6.08 Å². The van der Waals surface area contributed by atoms with Crippen LogP contribution in [-0.4, -0.2) is 17.9 Å². The summed E-state index contributed by atoms with van der Waals surface area (Å²) in [6, 6.07) is 20.7. The average Bonchev–Trinajstić information content (AvgIpc) is 2.83. The molecule has 8 nitrogen and oxygen atoms in total. The van der Waals surface area contributed by atoms with E-state index in [0.29, 0.717) is 5.69 Å². The molecule has 1 amide bonds. The summed E-state index contributed by atoms with van der Waals surface area (Å²) in [5, 5.41) is 23.8. The Balaban J connectivity index is 1.92. The quantitative estimate of drug-likeness (QED) is 0.226. The second-order valence-electron chi connectivity index (χ2n) is 7.08. The van der Waals surface area contributed by atoms with Gasteiger partial charge in [0, 0.05) is 5.69 Å². The summed E-state index contributed by atoms with van der Waals surface area (Å²) in [4.78, 5) is 23.7. The maximum Gasteiger partial charge on any atom is 0.280 e. The van der Waals surface area contributed by atoms with Gasteiger partial charge >= 0.3 is 0 Å². The van der Waals surface area contributed by atoms with Crippen molar-refractivity contribution in [3.05, 3.63) is 99.1 Å². The average molecular weight is 443 g/mol. The lowest BCUT2D eigenvalue weighted by atomic mass is 10.1. The molecule has 33 heavy (non-hydrogen) atoms. The van der Waals surface area contributed by atoms with E-state index in [4.69, 9.17) is 9.47 Å². The fourth-order valence-corrected chi connectivity index (χ4v) is 2.99. The molecule has 0 aliphatic carbocycles. The van der Waals surface area contributed by atoms with Gasteiger partial charge in [0.05, 0.1) is 23.7 Å². The number of benzene rings is 3. The summed E-state index contributed by atoms with van der Waals surface area (Å²) in [6.45, 7) is 2.10. The van der Waals surface area contributed by atoms with Gasteiger partial charge in [-0.1, -0.05) is 48.0 Å². The number of hydrogen-bond acceptors (Lipinski definition) is 6. The van der Waals surface area contributed by atoms with Crippen LogP contribution in [0.2, 0.25) is 0 Å². The zero-order valence-corrected chi connectivity index (χ0v) is 18.1. The van der Waals surface area contributed by atoms with Crippen LogP contribution in [-0.2, 0) is 11.4 Å². The van der Waals surface area contributed by atoms with Gasteiger partial charge in [-0.3, -0.25) is 14.9 Å². The van der Waals surface area contributed by atoms with E-state index >= 15 is 0 Å². The molecule has 0 bridgehead atoms. The first kappa shape index (κ1) is 23.0. The number of rotatable bonds is 8. The normalized spacial score (nSPS) is 10.8. The van der Waals surface area contributed by atoms with Gasteiger partial charge in [-0.25, -0.2) is 0 Å². The van der Waals surface area contributed by atoms with E-state index in [0.717, 1.165) is 17.2 Å². The monoisotopic (exact) mass is 443 g/mol. The molecule has 0 atom stereocenters. The number of carbonyl (C=O) groups excluding carboxylic acids is 1. The van der Waals surface area contributed by atoms with Crippen molar-refractivity contribution in [1.82, 2.24) is 0 Å². The number of nitro benzene ring substituents is 1. The largest absolute Gasteiger partial charge is 0.493 e. The topological polar surface area (TPSA) is 114 Å². The number of nitriles is 1. The number of nitrogens with one attached hydrogen (secondary N) is 1. The number of aryl methyl sites for hydroxylation is 1. The second-order valence-corrected chi connectivity index (χ2v) is 7.08. The molecule has 0 spiro atoms. The lowest BCUT2D eigenvalue weighted by Crippen LogP contribution is -2.13. The van der Waals surface area contributed by atoms with E-state index in [2.05, 4.69) is 5.32 Å². The predicted octanol–water partition coefficient (Wildman–Crippen LogP) is 5.04. The standard InChI is InChI=1S/C25H21N3O5/c1-17-8-10-21(11-9-17)27-25(29)20(15-26)12-19-13-23(32-2)24(14-22(19)28(30)31)33-16-18-6-4-3-5-7-18/h3-14H,16H2,1-2H3,(H,27,29)/b20-12-. The number of nitro groups is 1. The smallest absolute Gasteiger partial charge is 0.280 e. The highest BCUT2D eigenvalue weighted by Crippen LogP contribution is 2.36. The van der Waals surface area contributed by atoms with Gasteiger partial charge in [-0.2, -0.15) is 5.26 Å². The summed E-state index contributed by atoms with van der Waals surface area (Å²) >= 11 is 0. The summed E-state index contributed by atoms with van der Waals surface area (Å²) in [6.07, 6.45) is 1.16. The molecule has 3 aromatic carbocycles. The Labute approximate surface area is 190 Å². The minimum atomic E-state index is -0.681. The number of amides is 1. The first-order chi connectivity index (χ1) is 15.9. The molecule has 0 saturated carbocycles. The molecule has 0 aromatic heterocycles. The third-order valence-corrected chi connectivity index (χ3v) is 4.72. The Bertz CT molecular complexity index is 1230. The maximum absolute atomic E-state index is 12.6. The summed E-state index contributed by atoms with van der Waals surface area (Å²) in [5.41, 5.74) is 1.82. The van der Waals surface area contributed by atoms with E-state index in [9.17, 15) is 20.2 Å². The molecule has 0 aliphatic rings. The Hall–Kier alpha value is -4.64. The molecular weight excluding hydrogens is 422 g/mol. The Morgan fingerprint density at radius 2 is 1.82 bits per heavy atom. The Kier molecular flexibility index (Phi) is 7.39. The predicted molar refractivity (Wildman–Crippen MR) is 124 cm³/mol. The second kappa shape index (κ2) is 10.6. The number of anilines is 1. The molecule has 0 heterocycles. The zero-order chi connectivity index (χ0) is 23.8. The summed E-state index contributed by atoms with van der Waals surface area (Å²) < 4.78 is 11.1. The Morgan fingerprint density at radius 3 is 2.42 bits per heavy atom. The highest BCUT2D eigenvalue weighted by Gasteiger charge is 2.21. The van der Waals surface area contributed by atoms with E-state index in [1.807, 2.05) is 49.4 Å². The molecule has 0 radical (unpaired) electrons. The van der Waals surface area contributed by atoms with Gasteiger partial charge in [0.2, 0.25) is 0 Å². The minimum absolute atomic E-state index is 0.0412. The molecule has 0 saturated heterocycles. The van der Waals surface area contributed by atoms with Gasteiger partial charge in [0.25, 0.3) is 11.6 Å². The highest BCUT2D eigenvalue weighted by atomic mass is 16.6. The molecule has 3 aromatic rings. The molecule has 0 aliphatic heterocycles. The van der Waals surface area contributed by atoms with Gasteiger partial charge in [0.1, 0.15) is 18.2 Å². The van der Waals surface area contributed by atoms with Crippen molar-refractivity contribution < 1.29 is 19.2 Å². The third kappa shape index (κ3) is 5.95. The highest BCUT2D eigenvalue weighted by molar-refractivity contribution is 6.10. The van der Waals surface area contributed by atoms with Crippen LogP contribution in [0.1, 0.15) is 16.7 Å². The number of hydrogen-bond donors (Lipinski definition) is 1. The van der Waals surface area contributed by atoms with Crippen molar-refractivity contribution in [3.63, 3.8) is 0 Å². The van der Waals surface area contributed by atoms with Crippen molar-refractivity contribution in [2.24, 2.45) is 0 Å². The van der Waals surface area contributed by atoms with Gasteiger partial charge in [-0.05, 0) is 36.8 Å². The third-order valence-electron chi connectivity index (χ3n) is 4.72. The van der Waals surface area contributed by atoms with E-state index < -0.39 is 10.8 Å². The Morgan fingerprint density at radius 1 is 1.12 bits per heavy atom. The van der Waals surface area contributed by atoms with Gasteiger partial charge < -0.3 is 14.8 Å². The molecular formula is C25H21N3O5. The SMILES string of the molecule is COc1cc(/C=C(/C#N)C(=O)Nc2ccc(C)cc2)c([N+](=O)[O-])cc1OCc1ccccc1. The molecule has 166 valence electrons. The maximum atomic E-state index is 12.6. The first-order valence-corrected chi connectivity index (χ1v) is 9.94. The van der Waals surface area contributed by atoms with Crippen LogP contribution in [0.3, 0.4) is 0 Å². The van der Waals surface area contributed by atoms with Crippen LogP contribution in [0.4, 0.5) is 11.4 Å². The van der Waals surface area contributed by atoms with Crippen molar-refractivity contribution >= 4 is 23.4 Å². The van der Waals surface area contributed by atoms with Crippen LogP contribution >= 0.6 is 0 Å². The van der Waals surface area contributed by atoms with Crippen LogP contribution in [0, 0.1) is 28.4 Å². The number of ether oxygens (including phenoxy) is 2. The molecule has 8 heteroatoms.